The van der Waals surface area contributed by atoms with E-state index in [0.29, 0.717) is 6.42 Å². The molecular formula is C20H23N5O4S. The Kier molecular flexibility index (Phi) is 4.99. The van der Waals surface area contributed by atoms with Gasteiger partial charge in [-0.15, -0.1) is 0 Å². The van der Waals surface area contributed by atoms with Crippen LogP contribution in [0.3, 0.4) is 0 Å². The van der Waals surface area contributed by atoms with E-state index in [-0.39, 0.29) is 13.1 Å². The summed E-state index contributed by atoms with van der Waals surface area (Å²) in [4.78, 5) is 23.6. The van der Waals surface area contributed by atoms with Gasteiger partial charge in [-0.3, -0.25) is 0 Å². The van der Waals surface area contributed by atoms with Crippen LogP contribution in [0.15, 0.2) is 36.8 Å². The summed E-state index contributed by atoms with van der Waals surface area (Å²) >= 11 is 0. The maximum atomic E-state index is 12.6. The molecule has 4 rings (SSSR count). The van der Waals surface area contributed by atoms with Crippen LogP contribution in [0.5, 0.6) is 0 Å². The molecule has 2 N–H and O–H groups in total. The van der Waals surface area contributed by atoms with Gasteiger partial charge in [0.2, 0.25) is 0 Å². The molecule has 0 saturated carbocycles. The predicted octanol–water partition coefficient (Wildman–Crippen LogP) is 2.75. The summed E-state index contributed by atoms with van der Waals surface area (Å²) in [5.74, 6) is 0. The third-order valence-electron chi connectivity index (χ3n) is 4.76. The van der Waals surface area contributed by atoms with E-state index in [1.165, 1.54) is 10.6 Å². The van der Waals surface area contributed by atoms with Gasteiger partial charge in [0.1, 0.15) is 17.6 Å². The summed E-state index contributed by atoms with van der Waals surface area (Å²) in [5, 5.41) is 0.930. The number of carbonyl (C=O) groups excluding carboxylic acids is 1. The minimum atomic E-state index is -4.00. The van der Waals surface area contributed by atoms with Crippen molar-refractivity contribution in [3.05, 3.63) is 47.9 Å². The Morgan fingerprint density at radius 1 is 1.20 bits per heavy atom. The Morgan fingerprint density at radius 2 is 2.00 bits per heavy atom. The largest absolute Gasteiger partial charge is 0.443 e. The van der Waals surface area contributed by atoms with Crippen LogP contribution in [0, 0.1) is 0 Å². The predicted molar refractivity (Wildman–Crippen MR) is 112 cm³/mol. The van der Waals surface area contributed by atoms with Crippen LogP contribution >= 0.6 is 0 Å². The number of aromatic nitrogens is 3. The van der Waals surface area contributed by atoms with Gasteiger partial charge in [-0.25, -0.2) is 19.5 Å². The first-order valence-corrected chi connectivity index (χ1v) is 11.0. The number of ether oxygens (including phenoxy) is 1. The number of amides is 1. The van der Waals surface area contributed by atoms with Crippen molar-refractivity contribution in [1.82, 2.24) is 24.0 Å². The molecule has 0 spiro atoms. The number of fused-ring (bicyclic) bond motifs is 2. The first kappa shape index (κ1) is 20.3. The topological polar surface area (TPSA) is 117 Å². The lowest BCUT2D eigenvalue weighted by molar-refractivity contribution is 0.0566. The monoisotopic (exact) mass is 429 g/mol. The summed E-state index contributed by atoms with van der Waals surface area (Å²) in [6.07, 6.45) is 2.88. The molecule has 1 aliphatic heterocycles. The molecule has 0 saturated heterocycles. The van der Waals surface area contributed by atoms with Crippen LogP contribution in [0.4, 0.5) is 4.79 Å². The van der Waals surface area contributed by atoms with E-state index in [9.17, 15) is 13.2 Å². The van der Waals surface area contributed by atoms with Gasteiger partial charge >= 0.3 is 16.3 Å². The lowest BCUT2D eigenvalue weighted by atomic mass is 9.96. The molecule has 30 heavy (non-hydrogen) atoms. The molecular weight excluding hydrogens is 406 g/mol. The lowest BCUT2D eigenvalue weighted by Crippen LogP contribution is -2.46. The molecule has 0 unspecified atom stereocenters. The van der Waals surface area contributed by atoms with Crippen LogP contribution in [0.25, 0.3) is 22.3 Å². The van der Waals surface area contributed by atoms with Crippen molar-refractivity contribution in [2.24, 2.45) is 0 Å². The number of nitrogens with one attached hydrogen (secondary N) is 2. The van der Waals surface area contributed by atoms with Gasteiger partial charge in [0, 0.05) is 30.2 Å². The van der Waals surface area contributed by atoms with Crippen LogP contribution in [0.2, 0.25) is 0 Å². The van der Waals surface area contributed by atoms with E-state index in [0.717, 1.165) is 33.4 Å². The second-order valence-electron chi connectivity index (χ2n) is 8.14. The van der Waals surface area contributed by atoms with E-state index in [1.54, 1.807) is 20.8 Å². The molecule has 0 radical (unpaired) electrons. The van der Waals surface area contributed by atoms with E-state index in [1.807, 2.05) is 35.2 Å². The normalized spacial score (nSPS) is 15.0. The summed E-state index contributed by atoms with van der Waals surface area (Å²) < 4.78 is 33.5. The van der Waals surface area contributed by atoms with Crippen LogP contribution in [0.1, 0.15) is 31.9 Å². The molecule has 0 atom stereocenters. The number of hydrogen-bond donors (Lipinski definition) is 2. The van der Waals surface area contributed by atoms with E-state index >= 15 is 0 Å². The third kappa shape index (κ3) is 4.14. The van der Waals surface area contributed by atoms with Gasteiger partial charge in [-0.05, 0) is 50.5 Å². The quantitative estimate of drug-likeness (QED) is 0.661. The van der Waals surface area contributed by atoms with Gasteiger partial charge < -0.3 is 9.72 Å². The zero-order chi connectivity index (χ0) is 21.5. The zero-order valence-corrected chi connectivity index (χ0v) is 17.8. The van der Waals surface area contributed by atoms with Crippen LogP contribution in [-0.4, -0.2) is 45.9 Å². The van der Waals surface area contributed by atoms with E-state index < -0.39 is 21.9 Å². The van der Waals surface area contributed by atoms with Crippen molar-refractivity contribution >= 4 is 27.3 Å². The van der Waals surface area contributed by atoms with Crippen molar-refractivity contribution < 1.29 is 17.9 Å². The van der Waals surface area contributed by atoms with E-state index in [2.05, 4.69) is 15.0 Å². The average molecular weight is 430 g/mol. The minimum Gasteiger partial charge on any atom is -0.443 e. The molecule has 1 aromatic carbocycles. The highest BCUT2D eigenvalue weighted by Gasteiger charge is 2.30. The summed E-state index contributed by atoms with van der Waals surface area (Å²) in [5.41, 5.74) is 3.70. The van der Waals surface area contributed by atoms with Crippen LogP contribution in [-0.2, 0) is 27.9 Å². The summed E-state index contributed by atoms with van der Waals surface area (Å²) in [7, 11) is -4.00. The Hall–Kier alpha value is -2.98. The first-order valence-electron chi connectivity index (χ1n) is 9.53. The lowest BCUT2D eigenvalue weighted by Gasteiger charge is -2.29. The Balaban J connectivity index is 1.54. The fourth-order valence-corrected chi connectivity index (χ4v) is 4.47. The van der Waals surface area contributed by atoms with Crippen molar-refractivity contribution in [2.75, 3.05) is 6.54 Å². The van der Waals surface area contributed by atoms with Gasteiger partial charge in [-0.1, -0.05) is 12.1 Å². The smallest absolute Gasteiger partial charge is 0.422 e. The summed E-state index contributed by atoms with van der Waals surface area (Å²) in [6.45, 7) is 5.46. The Bertz CT molecular complexity index is 1210. The number of hydrogen-bond acceptors (Lipinski definition) is 6. The molecule has 1 amide bonds. The second kappa shape index (κ2) is 7.37. The van der Waals surface area contributed by atoms with Crippen molar-refractivity contribution in [1.29, 1.82) is 0 Å². The maximum Gasteiger partial charge on any atom is 0.422 e. The SMILES string of the molecule is CC(C)(C)OC(=O)NS(=O)(=O)N1CCc2cc(-c3ncnc4[nH]ccc34)ccc2C1. The van der Waals surface area contributed by atoms with Gasteiger partial charge in [-0.2, -0.15) is 12.7 Å². The first-order chi connectivity index (χ1) is 14.1. The van der Waals surface area contributed by atoms with E-state index in [4.69, 9.17) is 4.74 Å². The molecule has 3 aromatic rings. The van der Waals surface area contributed by atoms with Crippen molar-refractivity contribution in [3.8, 4) is 11.3 Å². The average Bonchev–Trinajstić information content (AvgIpc) is 3.14. The fraction of sp³-hybridized carbons (Fsp3) is 0.350. The Labute approximate surface area is 174 Å². The number of nitrogens with zero attached hydrogens (tertiary/aromatic N) is 3. The maximum absolute atomic E-state index is 12.6. The number of carbonyl (C=O) groups is 1. The van der Waals surface area contributed by atoms with Crippen LogP contribution < -0.4 is 4.72 Å². The molecule has 0 bridgehead atoms. The molecule has 0 aliphatic carbocycles. The number of H-pyrrole nitrogens is 1. The molecule has 1 aliphatic rings. The highest BCUT2D eigenvalue weighted by Crippen LogP contribution is 2.29. The highest BCUT2D eigenvalue weighted by molar-refractivity contribution is 7.87. The second-order valence-corrected chi connectivity index (χ2v) is 9.81. The van der Waals surface area contributed by atoms with Gasteiger partial charge in [0.15, 0.2) is 0 Å². The molecule has 9 nitrogen and oxygen atoms in total. The summed E-state index contributed by atoms with van der Waals surface area (Å²) in [6, 6.07) is 7.79. The molecule has 2 aromatic heterocycles. The molecule has 3 heterocycles. The molecule has 10 heteroatoms. The van der Waals surface area contributed by atoms with Gasteiger partial charge in [0.05, 0.1) is 5.69 Å². The van der Waals surface area contributed by atoms with Crippen molar-refractivity contribution in [2.45, 2.75) is 39.3 Å². The third-order valence-corrected chi connectivity index (χ3v) is 6.18. The molecule has 0 fully saturated rings. The molecule has 158 valence electrons. The zero-order valence-electron chi connectivity index (χ0n) is 17.0. The highest BCUT2D eigenvalue weighted by atomic mass is 32.2. The number of rotatable bonds is 3. The standard InChI is InChI=1S/C20H23N5O4S/c1-20(2,3)29-19(26)24-30(27,28)25-9-7-13-10-14(4-5-15(13)11-25)17-16-6-8-21-18(16)23-12-22-17/h4-6,8,10,12H,7,9,11H2,1-3H3,(H,24,26)(H,21,22,23). The number of benzene rings is 1. The minimum absolute atomic E-state index is 0.178. The van der Waals surface area contributed by atoms with Crippen molar-refractivity contribution in [3.63, 3.8) is 0 Å². The fourth-order valence-electron chi connectivity index (χ4n) is 3.45. The van der Waals surface area contributed by atoms with Gasteiger partial charge in [0.25, 0.3) is 0 Å². The number of aromatic amines is 1. The Morgan fingerprint density at radius 3 is 2.77 bits per heavy atom.